The van der Waals surface area contributed by atoms with Gasteiger partial charge in [0.25, 0.3) is 5.56 Å². The number of halogens is 2. The van der Waals surface area contributed by atoms with Crippen LogP contribution >= 0.6 is 23.2 Å². The van der Waals surface area contributed by atoms with Crippen molar-refractivity contribution in [3.8, 4) is 22.9 Å². The average Bonchev–Trinajstić information content (AvgIpc) is 3.40. The Morgan fingerprint density at radius 2 is 1.69 bits per heavy atom. The maximum Gasteiger partial charge on any atom is 0.324 e. The molecule has 2 aromatic heterocycles. The molecule has 0 bridgehead atoms. The number of ether oxygens (including phenoxy) is 2. The monoisotopic (exact) mass is 654 g/mol. The summed E-state index contributed by atoms with van der Waals surface area (Å²) in [5.74, 6) is 1.75. The second-order valence-electron chi connectivity index (χ2n) is 10.4. The number of hydrogen-bond acceptors (Lipinski definition) is 7. The highest BCUT2D eigenvalue weighted by Crippen LogP contribution is 2.39. The van der Waals surface area contributed by atoms with Crippen molar-refractivity contribution in [2.75, 3.05) is 50.2 Å². The van der Waals surface area contributed by atoms with Crippen LogP contribution in [0.1, 0.15) is 12.8 Å². The molecule has 0 spiro atoms. The zero-order valence-corrected chi connectivity index (χ0v) is 26.3. The minimum Gasteiger partial charge on any atom is -0.497 e. The number of carbonyl (C=O) groups is 2. The molecule has 3 heterocycles. The highest BCUT2D eigenvalue weighted by atomic mass is 35.5. The van der Waals surface area contributed by atoms with Crippen molar-refractivity contribution >= 4 is 52.6 Å². The molecule has 0 radical (unpaired) electrons. The zero-order chi connectivity index (χ0) is 32.1. The summed E-state index contributed by atoms with van der Waals surface area (Å²) in [6.45, 7) is 1.32. The van der Waals surface area contributed by atoms with Crippen molar-refractivity contribution in [1.29, 1.82) is 0 Å². The topological polar surface area (TPSA) is 146 Å². The first-order valence-electron chi connectivity index (χ1n) is 14.0. The van der Waals surface area contributed by atoms with Crippen molar-refractivity contribution in [2.24, 2.45) is 0 Å². The lowest BCUT2D eigenvalue weighted by atomic mass is 10.0. The Labute approximate surface area is 269 Å². The van der Waals surface area contributed by atoms with Gasteiger partial charge in [0, 0.05) is 37.5 Å². The lowest BCUT2D eigenvalue weighted by Gasteiger charge is -2.35. The third-order valence-corrected chi connectivity index (χ3v) is 8.14. The van der Waals surface area contributed by atoms with Crippen molar-refractivity contribution < 1.29 is 19.1 Å². The number of likely N-dealkylation sites (tertiary alicyclic amines) is 1. The molecule has 0 unspecified atom stereocenters. The number of methoxy groups -OCH3 is 1. The van der Waals surface area contributed by atoms with Gasteiger partial charge in [0.2, 0.25) is 0 Å². The maximum atomic E-state index is 12.8. The smallest absolute Gasteiger partial charge is 0.324 e. The molecule has 236 valence electrons. The molecule has 4 N–H and O–H groups in total. The minimum absolute atomic E-state index is 0.0367. The Morgan fingerprint density at radius 1 is 0.956 bits per heavy atom. The van der Waals surface area contributed by atoms with Crippen LogP contribution in [0.5, 0.6) is 17.2 Å². The molecule has 1 saturated heterocycles. The minimum atomic E-state index is -0.664. The molecule has 4 amide bonds. The number of anilines is 3. The lowest BCUT2D eigenvalue weighted by molar-refractivity contribution is 0.156. The molecule has 13 nitrogen and oxygen atoms in total. The van der Waals surface area contributed by atoms with Gasteiger partial charge in [0.15, 0.2) is 0 Å². The van der Waals surface area contributed by atoms with E-state index in [1.807, 2.05) is 14.1 Å². The first-order valence-corrected chi connectivity index (χ1v) is 14.8. The molecule has 15 heteroatoms. The van der Waals surface area contributed by atoms with Crippen molar-refractivity contribution in [3.63, 3.8) is 0 Å². The van der Waals surface area contributed by atoms with E-state index in [-0.39, 0.29) is 33.3 Å². The number of aromatic amines is 1. The maximum absolute atomic E-state index is 12.8. The number of nitrogens with zero attached hydrogens (tertiary/aromatic N) is 4. The molecule has 0 saturated carbocycles. The third-order valence-electron chi connectivity index (χ3n) is 7.27. The first kappa shape index (κ1) is 31.7. The number of pyridine rings is 1. The summed E-state index contributed by atoms with van der Waals surface area (Å²) in [4.78, 5) is 45.9. The van der Waals surface area contributed by atoms with Crippen LogP contribution < -0.4 is 31.0 Å². The van der Waals surface area contributed by atoms with Gasteiger partial charge in [-0.1, -0.05) is 23.2 Å². The molecule has 1 fully saturated rings. The Balaban J connectivity index is 1.22. The summed E-state index contributed by atoms with van der Waals surface area (Å²) in [6.07, 6.45) is 3.31. The van der Waals surface area contributed by atoms with Gasteiger partial charge in [0.05, 0.1) is 23.5 Å². The number of benzene rings is 2. The number of carbonyl (C=O) groups excluding carboxylic acids is 2. The van der Waals surface area contributed by atoms with Gasteiger partial charge in [-0.25, -0.2) is 19.3 Å². The van der Waals surface area contributed by atoms with E-state index >= 15 is 0 Å². The molecule has 0 atom stereocenters. The summed E-state index contributed by atoms with van der Waals surface area (Å²) in [5.41, 5.74) is 0.396. The van der Waals surface area contributed by atoms with E-state index in [0.29, 0.717) is 42.1 Å². The quantitative estimate of drug-likeness (QED) is 0.186. The number of piperidine rings is 1. The first-order chi connectivity index (χ1) is 21.6. The van der Waals surface area contributed by atoms with Gasteiger partial charge in [-0.3, -0.25) is 20.5 Å². The molecular formula is C30H32Cl2N8O5. The van der Waals surface area contributed by atoms with Gasteiger partial charge in [-0.05, 0) is 69.4 Å². The Kier molecular flexibility index (Phi) is 9.81. The number of hydrogen-bond donors (Lipinski definition) is 4. The number of urea groups is 2. The van der Waals surface area contributed by atoms with Gasteiger partial charge >= 0.3 is 12.1 Å². The van der Waals surface area contributed by atoms with Crippen molar-refractivity contribution in [1.82, 2.24) is 24.6 Å². The van der Waals surface area contributed by atoms with Gasteiger partial charge < -0.3 is 24.6 Å². The largest absolute Gasteiger partial charge is 0.497 e. The lowest BCUT2D eigenvalue weighted by Crippen LogP contribution is -2.46. The fraction of sp³-hybridized carbons (Fsp3) is 0.267. The van der Waals surface area contributed by atoms with Crippen molar-refractivity contribution in [3.05, 3.63) is 81.2 Å². The predicted molar refractivity (Wildman–Crippen MR) is 174 cm³/mol. The van der Waals surface area contributed by atoms with Gasteiger partial charge in [-0.15, -0.1) is 0 Å². The van der Waals surface area contributed by atoms with E-state index in [9.17, 15) is 14.4 Å². The number of aromatic nitrogens is 3. The van der Waals surface area contributed by atoms with E-state index in [1.54, 1.807) is 54.5 Å². The van der Waals surface area contributed by atoms with Crippen LogP contribution in [0.3, 0.4) is 0 Å². The molecule has 1 aliphatic heterocycles. The van der Waals surface area contributed by atoms with E-state index < -0.39 is 11.6 Å². The Hall–Kier alpha value is -4.72. The number of H-pyrrole nitrogens is 1. The molecule has 4 aromatic rings. The predicted octanol–water partition coefficient (Wildman–Crippen LogP) is 5.87. The summed E-state index contributed by atoms with van der Waals surface area (Å²) < 4.78 is 12.5. The number of rotatable bonds is 8. The van der Waals surface area contributed by atoms with Crippen LogP contribution in [0.15, 0.2) is 65.6 Å². The van der Waals surface area contributed by atoms with Crippen LogP contribution in [0.2, 0.25) is 10.0 Å². The molecule has 2 aromatic carbocycles. The molecule has 0 aliphatic carbocycles. The standard InChI is InChI=1S/C30H32Cl2N8O5/c1-38(2)18-11-14-39(15-12-18)30(43)35-24-16-21(10-13-33-24)45-23-9-8-22(27(31)28(23)32)34-29(42)36-25-17-26(41)37-40(25)19-4-6-20(44-3)7-5-19/h4-10,13,16-18H,11-12,14-15H2,1-3H3,(H,37,41)(H,33,35,43)(H2,34,36,42). The molecule has 45 heavy (non-hydrogen) atoms. The summed E-state index contributed by atoms with van der Waals surface area (Å²) in [7, 11) is 5.64. The van der Waals surface area contributed by atoms with E-state index in [0.717, 1.165) is 12.8 Å². The summed E-state index contributed by atoms with van der Waals surface area (Å²) in [5, 5.41) is 10.8. The van der Waals surface area contributed by atoms with E-state index in [1.165, 1.54) is 23.0 Å². The van der Waals surface area contributed by atoms with Crippen LogP contribution in [-0.4, -0.2) is 77.0 Å². The average molecular weight is 656 g/mol. The van der Waals surface area contributed by atoms with E-state index in [4.69, 9.17) is 32.7 Å². The van der Waals surface area contributed by atoms with E-state index in [2.05, 4.69) is 30.9 Å². The molecule has 1 aliphatic rings. The van der Waals surface area contributed by atoms with Crippen LogP contribution in [0.25, 0.3) is 5.69 Å². The number of amides is 4. The van der Waals surface area contributed by atoms with Crippen molar-refractivity contribution in [2.45, 2.75) is 18.9 Å². The highest BCUT2D eigenvalue weighted by molar-refractivity contribution is 6.45. The Morgan fingerprint density at radius 3 is 2.38 bits per heavy atom. The van der Waals surface area contributed by atoms with Crippen LogP contribution in [0, 0.1) is 0 Å². The summed E-state index contributed by atoms with van der Waals surface area (Å²) >= 11 is 13.0. The third kappa shape index (κ3) is 7.69. The second-order valence-corrected chi connectivity index (χ2v) is 11.2. The van der Waals surface area contributed by atoms with Gasteiger partial charge in [-0.2, -0.15) is 0 Å². The fourth-order valence-electron chi connectivity index (χ4n) is 4.84. The Bertz CT molecular complexity index is 1730. The molecular weight excluding hydrogens is 623 g/mol. The normalized spacial score (nSPS) is 13.4. The summed E-state index contributed by atoms with van der Waals surface area (Å²) in [6, 6.07) is 14.0. The van der Waals surface area contributed by atoms with Gasteiger partial charge in [0.1, 0.15) is 33.9 Å². The van der Waals surface area contributed by atoms with Crippen LogP contribution in [-0.2, 0) is 0 Å². The molecule has 5 rings (SSSR count). The number of nitrogens with one attached hydrogen (secondary N) is 4. The highest BCUT2D eigenvalue weighted by Gasteiger charge is 2.24. The zero-order valence-electron chi connectivity index (χ0n) is 24.8. The van der Waals surface area contributed by atoms with Crippen LogP contribution in [0.4, 0.5) is 26.9 Å². The second kappa shape index (κ2) is 13.9. The fourth-order valence-corrected chi connectivity index (χ4v) is 5.25. The SMILES string of the molecule is COc1ccc(-n2[nH]c(=O)cc2NC(=O)Nc2ccc(Oc3ccnc(NC(=O)N4CCC(N(C)C)CC4)c3)c(Cl)c2Cl)cc1.